The number of allylic oxidation sites excluding steroid dienone is 1. The molecule has 4 aliphatic rings. The molecule has 6 atom stereocenters. The number of fused-ring (bicyclic) bond motifs is 2. The Bertz CT molecular complexity index is 871. The van der Waals surface area contributed by atoms with Crippen LogP contribution in [0.3, 0.4) is 0 Å². The quantitative estimate of drug-likeness (QED) is 0.335. The molecule has 1 unspecified atom stereocenters. The van der Waals surface area contributed by atoms with Gasteiger partial charge in [0.2, 0.25) is 11.8 Å². The minimum absolute atomic E-state index is 0.0798. The Morgan fingerprint density at radius 1 is 1.15 bits per heavy atom. The van der Waals surface area contributed by atoms with Crippen LogP contribution in [0, 0.1) is 11.8 Å². The maximum Gasteiger partial charge on any atom is 0.311 e. The van der Waals surface area contributed by atoms with E-state index in [9.17, 15) is 19.5 Å². The average molecular weight is 491 g/mol. The van der Waals surface area contributed by atoms with Gasteiger partial charge in [-0.3, -0.25) is 14.4 Å². The zero-order valence-corrected chi connectivity index (χ0v) is 21.4. The van der Waals surface area contributed by atoms with E-state index in [4.69, 9.17) is 4.74 Å². The van der Waals surface area contributed by atoms with Crippen molar-refractivity contribution in [1.29, 1.82) is 0 Å². The number of aliphatic hydroxyl groups is 1. The van der Waals surface area contributed by atoms with E-state index in [1.165, 1.54) is 0 Å². The van der Waals surface area contributed by atoms with Crippen LogP contribution >= 0.6 is 11.8 Å². The standard InChI is InChI=1S/C26H38N2O5S/c1-4-6-9-14-27-15-11-13-26-19(22(30)28(18(5-2)17-29)21(26)23(27)31)20-24(32)33-16-10-7-8-12-25(20,3)34-26/h8,11-13,18-21,29H,4-7,9-10,14-17H2,1-3H3/b12-8-/t18-,19-,20+,21?,25-,26-/m0/s1. The normalized spacial score (nSPS) is 37.2. The van der Waals surface area contributed by atoms with E-state index in [-0.39, 0.29) is 24.4 Å². The molecule has 0 aromatic carbocycles. The van der Waals surface area contributed by atoms with Gasteiger partial charge < -0.3 is 19.6 Å². The molecule has 0 bridgehead atoms. The predicted octanol–water partition coefficient (Wildman–Crippen LogP) is 2.93. The molecule has 2 saturated heterocycles. The molecular weight excluding hydrogens is 452 g/mol. The second kappa shape index (κ2) is 10.1. The highest BCUT2D eigenvalue weighted by atomic mass is 32.2. The molecule has 0 aromatic rings. The van der Waals surface area contributed by atoms with Gasteiger partial charge in [0.05, 0.1) is 35.8 Å². The summed E-state index contributed by atoms with van der Waals surface area (Å²) >= 11 is 1.56. The maximum absolute atomic E-state index is 14.1. The topological polar surface area (TPSA) is 87.2 Å². The second-order valence-corrected chi connectivity index (χ2v) is 11.9. The number of ether oxygens (including phenoxy) is 1. The number of amides is 2. The van der Waals surface area contributed by atoms with Gasteiger partial charge in [-0.25, -0.2) is 0 Å². The Labute approximate surface area is 206 Å². The van der Waals surface area contributed by atoms with E-state index in [2.05, 4.69) is 19.1 Å². The highest BCUT2D eigenvalue weighted by molar-refractivity contribution is 8.02. The van der Waals surface area contributed by atoms with Gasteiger partial charge in [0.25, 0.3) is 0 Å². The number of hydrogen-bond acceptors (Lipinski definition) is 6. The number of hydrogen-bond donors (Lipinski definition) is 1. The first-order valence-electron chi connectivity index (χ1n) is 12.8. The lowest BCUT2D eigenvalue weighted by molar-refractivity contribution is -0.154. The van der Waals surface area contributed by atoms with E-state index in [1.807, 2.05) is 30.9 Å². The van der Waals surface area contributed by atoms with Gasteiger partial charge >= 0.3 is 5.97 Å². The summed E-state index contributed by atoms with van der Waals surface area (Å²) in [5.74, 6) is -2.06. The smallest absolute Gasteiger partial charge is 0.311 e. The van der Waals surface area contributed by atoms with E-state index < -0.39 is 33.4 Å². The van der Waals surface area contributed by atoms with E-state index in [0.29, 0.717) is 26.1 Å². The van der Waals surface area contributed by atoms with Crippen molar-refractivity contribution in [2.75, 3.05) is 26.3 Å². The molecule has 0 aliphatic carbocycles. The third-order valence-electron chi connectivity index (χ3n) is 7.88. The number of esters is 1. The molecule has 0 saturated carbocycles. The zero-order chi connectivity index (χ0) is 24.5. The van der Waals surface area contributed by atoms with Crippen molar-refractivity contribution in [3.05, 3.63) is 24.3 Å². The molecule has 2 fully saturated rings. The molecule has 4 rings (SSSR count). The highest BCUT2D eigenvalue weighted by Crippen LogP contribution is 2.65. The number of unbranched alkanes of at least 4 members (excludes halogenated alkanes) is 2. The molecule has 1 spiro atoms. The van der Waals surface area contributed by atoms with Crippen molar-refractivity contribution in [3.63, 3.8) is 0 Å². The fourth-order valence-corrected chi connectivity index (χ4v) is 8.32. The summed E-state index contributed by atoms with van der Waals surface area (Å²) in [6.07, 6.45) is 13.3. The van der Waals surface area contributed by atoms with Crippen LogP contribution in [0.15, 0.2) is 24.3 Å². The SMILES string of the molecule is CCCCCN1CC=C[C@]23S[C@@]4(C)/C=C\CCCOC(=O)[C@H]4[C@H]2C(=O)N([C@@H](CC)CO)C3C1=O. The first kappa shape index (κ1) is 25.3. The van der Waals surface area contributed by atoms with Crippen LogP contribution in [-0.2, 0) is 19.1 Å². The van der Waals surface area contributed by atoms with Crippen LogP contribution in [0.5, 0.6) is 0 Å². The van der Waals surface area contributed by atoms with E-state index >= 15 is 0 Å². The maximum atomic E-state index is 14.1. The summed E-state index contributed by atoms with van der Waals surface area (Å²) in [6, 6.07) is -1.22. The number of carbonyl (C=O) groups excluding carboxylic acids is 3. The lowest BCUT2D eigenvalue weighted by Gasteiger charge is -2.39. The van der Waals surface area contributed by atoms with Crippen LogP contribution in [-0.4, -0.2) is 80.6 Å². The monoisotopic (exact) mass is 490 g/mol. The van der Waals surface area contributed by atoms with Crippen molar-refractivity contribution in [3.8, 4) is 0 Å². The van der Waals surface area contributed by atoms with Gasteiger partial charge in [0.1, 0.15) is 6.04 Å². The van der Waals surface area contributed by atoms with E-state index in [0.717, 1.165) is 32.1 Å². The summed E-state index contributed by atoms with van der Waals surface area (Å²) in [6.45, 7) is 7.29. The summed E-state index contributed by atoms with van der Waals surface area (Å²) in [5, 5.41) is 10.2. The van der Waals surface area contributed by atoms with Crippen LogP contribution < -0.4 is 0 Å². The largest absolute Gasteiger partial charge is 0.465 e. The highest BCUT2D eigenvalue weighted by Gasteiger charge is 2.74. The Balaban J connectivity index is 1.83. The first-order chi connectivity index (χ1) is 16.3. The van der Waals surface area contributed by atoms with Crippen LogP contribution in [0.25, 0.3) is 0 Å². The Morgan fingerprint density at radius 2 is 1.94 bits per heavy atom. The molecule has 8 heteroatoms. The number of cyclic esters (lactones) is 1. The molecule has 7 nitrogen and oxygen atoms in total. The van der Waals surface area contributed by atoms with Crippen molar-refractivity contribution >= 4 is 29.5 Å². The first-order valence-corrected chi connectivity index (χ1v) is 13.6. The lowest BCUT2D eigenvalue weighted by Crippen LogP contribution is -2.56. The Kier molecular flexibility index (Phi) is 7.48. The van der Waals surface area contributed by atoms with Gasteiger partial charge in [-0.2, -0.15) is 0 Å². The Morgan fingerprint density at radius 3 is 2.65 bits per heavy atom. The lowest BCUT2D eigenvalue weighted by atomic mass is 9.74. The fraction of sp³-hybridized carbons (Fsp3) is 0.731. The molecule has 4 heterocycles. The van der Waals surface area contributed by atoms with Crippen LogP contribution in [0.4, 0.5) is 0 Å². The third kappa shape index (κ3) is 4.00. The van der Waals surface area contributed by atoms with E-state index in [1.54, 1.807) is 16.7 Å². The number of carbonyl (C=O) groups is 3. The number of nitrogens with zero attached hydrogens (tertiary/aromatic N) is 2. The van der Waals surface area contributed by atoms with Gasteiger partial charge in [-0.1, -0.05) is 51.0 Å². The molecule has 188 valence electrons. The van der Waals surface area contributed by atoms with Crippen molar-refractivity contribution < 1.29 is 24.2 Å². The number of aliphatic hydroxyl groups excluding tert-OH is 1. The minimum Gasteiger partial charge on any atom is -0.465 e. The van der Waals surface area contributed by atoms with Gasteiger partial charge in [0.15, 0.2) is 0 Å². The van der Waals surface area contributed by atoms with Gasteiger partial charge in [-0.15, -0.1) is 11.8 Å². The Hall–Kier alpha value is -1.80. The van der Waals surface area contributed by atoms with Crippen LogP contribution in [0.2, 0.25) is 0 Å². The summed E-state index contributed by atoms with van der Waals surface area (Å²) in [7, 11) is 0. The number of rotatable bonds is 7. The number of thioether (sulfide) groups is 1. The molecule has 0 radical (unpaired) electrons. The predicted molar refractivity (Wildman–Crippen MR) is 132 cm³/mol. The van der Waals surface area contributed by atoms with Crippen molar-refractivity contribution in [2.45, 2.75) is 80.9 Å². The second-order valence-electron chi connectivity index (χ2n) is 10.1. The minimum atomic E-state index is -0.877. The molecular formula is C26H38N2O5S. The van der Waals surface area contributed by atoms with Crippen molar-refractivity contribution in [2.24, 2.45) is 11.8 Å². The third-order valence-corrected chi connectivity index (χ3v) is 9.68. The van der Waals surface area contributed by atoms with Crippen molar-refractivity contribution in [1.82, 2.24) is 9.80 Å². The summed E-state index contributed by atoms with van der Waals surface area (Å²) < 4.78 is 4.10. The summed E-state index contributed by atoms with van der Waals surface area (Å²) in [4.78, 5) is 45.1. The molecule has 1 N–H and O–H groups in total. The van der Waals surface area contributed by atoms with Gasteiger partial charge in [0, 0.05) is 17.8 Å². The fourth-order valence-electron chi connectivity index (χ4n) is 6.18. The summed E-state index contributed by atoms with van der Waals surface area (Å²) in [5.41, 5.74) is 0. The van der Waals surface area contributed by atoms with Gasteiger partial charge in [-0.05, 0) is 32.6 Å². The molecule has 4 aliphatic heterocycles. The zero-order valence-electron chi connectivity index (χ0n) is 20.6. The molecule has 2 amide bonds. The average Bonchev–Trinajstić information content (AvgIpc) is 3.16. The number of likely N-dealkylation sites (tertiary alicyclic amines) is 1. The molecule has 34 heavy (non-hydrogen) atoms. The molecule has 0 aromatic heterocycles. The van der Waals surface area contributed by atoms with Crippen LogP contribution in [0.1, 0.15) is 59.3 Å².